The van der Waals surface area contributed by atoms with Gasteiger partial charge in [0.15, 0.2) is 0 Å². The second-order valence-corrected chi connectivity index (χ2v) is 8.68. The van der Waals surface area contributed by atoms with E-state index in [1.54, 1.807) is 0 Å². The summed E-state index contributed by atoms with van der Waals surface area (Å²) in [6, 6.07) is 0. The zero-order chi connectivity index (χ0) is 14.3. The first-order valence-electron chi connectivity index (χ1n) is 8.00. The number of aliphatic hydroxyl groups excluding tert-OH is 1. The smallest absolute Gasteiger partial charge is 0.0842 e. The van der Waals surface area contributed by atoms with Gasteiger partial charge in [0.25, 0.3) is 0 Å². The number of hydrogen-bond donors (Lipinski definition) is 1. The number of hydrogen-bond acceptors (Lipinski definition) is 2. The van der Waals surface area contributed by atoms with E-state index in [9.17, 15) is 5.11 Å². The molecular formula is C17H32O2. The molecule has 2 fully saturated rings. The molecule has 0 amide bonds. The molecule has 2 nitrogen and oxygen atoms in total. The fourth-order valence-electron chi connectivity index (χ4n) is 4.26. The molecule has 0 heterocycles. The maximum Gasteiger partial charge on any atom is 0.0842 e. The van der Waals surface area contributed by atoms with Crippen molar-refractivity contribution >= 4 is 0 Å². The molecule has 0 aromatic carbocycles. The summed E-state index contributed by atoms with van der Waals surface area (Å²) in [6.07, 6.45) is 6.73. The molecule has 4 unspecified atom stereocenters. The van der Waals surface area contributed by atoms with Gasteiger partial charge in [0.2, 0.25) is 0 Å². The SMILES string of the molecule is CC1CC(OC2CC(C)(C)CCC2O)CC(C)(C)C1. The molecule has 0 aromatic rings. The summed E-state index contributed by atoms with van der Waals surface area (Å²) in [5, 5.41) is 10.2. The zero-order valence-electron chi connectivity index (χ0n) is 13.4. The lowest BCUT2D eigenvalue weighted by atomic mass is 9.71. The Morgan fingerprint density at radius 2 is 1.68 bits per heavy atom. The fourth-order valence-corrected chi connectivity index (χ4v) is 4.26. The highest BCUT2D eigenvalue weighted by atomic mass is 16.5. The zero-order valence-corrected chi connectivity index (χ0v) is 13.4. The van der Waals surface area contributed by atoms with Crippen molar-refractivity contribution in [2.45, 2.75) is 91.5 Å². The highest BCUT2D eigenvalue weighted by Crippen LogP contribution is 2.42. The Bertz CT molecular complexity index is 308. The molecule has 0 radical (unpaired) electrons. The molecule has 4 atom stereocenters. The van der Waals surface area contributed by atoms with E-state index in [2.05, 4.69) is 34.6 Å². The van der Waals surface area contributed by atoms with Gasteiger partial charge in [0.1, 0.15) is 0 Å². The van der Waals surface area contributed by atoms with Crippen LogP contribution in [0.25, 0.3) is 0 Å². The maximum absolute atomic E-state index is 10.2. The first-order chi connectivity index (χ1) is 8.67. The highest BCUT2D eigenvalue weighted by molar-refractivity contribution is 4.89. The third kappa shape index (κ3) is 4.19. The molecule has 19 heavy (non-hydrogen) atoms. The number of ether oxygens (including phenoxy) is 1. The van der Waals surface area contributed by atoms with Crippen molar-refractivity contribution in [3.05, 3.63) is 0 Å². The quantitative estimate of drug-likeness (QED) is 0.815. The van der Waals surface area contributed by atoms with Gasteiger partial charge < -0.3 is 9.84 Å². The Hall–Kier alpha value is -0.0800. The van der Waals surface area contributed by atoms with Crippen LogP contribution in [0.2, 0.25) is 0 Å². The number of aliphatic hydroxyl groups is 1. The normalized spacial score (nSPS) is 42.0. The summed E-state index contributed by atoms with van der Waals surface area (Å²) in [4.78, 5) is 0. The summed E-state index contributed by atoms with van der Waals surface area (Å²) in [6.45, 7) is 11.6. The predicted octanol–water partition coefficient (Wildman–Crippen LogP) is 4.16. The van der Waals surface area contributed by atoms with Crippen LogP contribution in [-0.4, -0.2) is 23.4 Å². The third-order valence-corrected chi connectivity index (χ3v) is 5.01. The molecule has 2 aliphatic rings. The Labute approximate surface area is 118 Å². The van der Waals surface area contributed by atoms with Gasteiger partial charge in [-0.1, -0.05) is 34.6 Å². The summed E-state index contributed by atoms with van der Waals surface area (Å²) in [7, 11) is 0. The molecule has 0 aliphatic heterocycles. The van der Waals surface area contributed by atoms with Crippen LogP contribution in [0.15, 0.2) is 0 Å². The van der Waals surface area contributed by atoms with E-state index in [1.165, 1.54) is 6.42 Å². The summed E-state index contributed by atoms with van der Waals surface area (Å²) < 4.78 is 6.34. The standard InChI is InChI=1S/C17H32O2/c1-12-8-13(10-17(4,5)9-12)19-15-11-16(2,3)7-6-14(15)18/h12-15,18H,6-11H2,1-5H3. The molecule has 0 bridgehead atoms. The van der Waals surface area contributed by atoms with Gasteiger partial charge in [-0.25, -0.2) is 0 Å². The Morgan fingerprint density at radius 3 is 2.32 bits per heavy atom. The van der Waals surface area contributed by atoms with Crippen molar-refractivity contribution in [3.8, 4) is 0 Å². The van der Waals surface area contributed by atoms with Crippen LogP contribution in [0, 0.1) is 16.7 Å². The van der Waals surface area contributed by atoms with Crippen LogP contribution >= 0.6 is 0 Å². The Morgan fingerprint density at radius 1 is 1.00 bits per heavy atom. The van der Waals surface area contributed by atoms with Crippen molar-refractivity contribution in [2.24, 2.45) is 16.7 Å². The summed E-state index contributed by atoms with van der Waals surface area (Å²) in [5.41, 5.74) is 0.706. The van der Waals surface area contributed by atoms with Crippen molar-refractivity contribution in [1.29, 1.82) is 0 Å². The van der Waals surface area contributed by atoms with Gasteiger partial charge in [-0.3, -0.25) is 0 Å². The van der Waals surface area contributed by atoms with Gasteiger partial charge in [0, 0.05) is 0 Å². The van der Waals surface area contributed by atoms with Crippen LogP contribution in [0.5, 0.6) is 0 Å². The van der Waals surface area contributed by atoms with E-state index in [1.807, 2.05) is 0 Å². The van der Waals surface area contributed by atoms with E-state index in [-0.39, 0.29) is 12.2 Å². The van der Waals surface area contributed by atoms with Gasteiger partial charge in [-0.15, -0.1) is 0 Å². The molecule has 1 N–H and O–H groups in total. The second kappa shape index (κ2) is 5.37. The molecule has 0 spiro atoms. The van der Waals surface area contributed by atoms with Gasteiger partial charge in [-0.2, -0.15) is 0 Å². The third-order valence-electron chi connectivity index (χ3n) is 5.01. The van der Waals surface area contributed by atoms with Crippen LogP contribution in [-0.2, 0) is 4.74 Å². The lowest BCUT2D eigenvalue weighted by molar-refractivity contribution is -0.137. The largest absolute Gasteiger partial charge is 0.390 e. The lowest BCUT2D eigenvalue weighted by Gasteiger charge is -2.44. The molecule has 2 heteroatoms. The van der Waals surface area contributed by atoms with Gasteiger partial charge in [0.05, 0.1) is 18.3 Å². The van der Waals surface area contributed by atoms with Crippen molar-refractivity contribution in [3.63, 3.8) is 0 Å². The molecule has 112 valence electrons. The predicted molar refractivity (Wildman–Crippen MR) is 79.1 cm³/mol. The highest BCUT2D eigenvalue weighted by Gasteiger charge is 2.39. The minimum absolute atomic E-state index is 0.0508. The molecule has 0 aromatic heterocycles. The number of rotatable bonds is 2. The molecule has 2 rings (SSSR count). The van der Waals surface area contributed by atoms with Crippen molar-refractivity contribution in [2.75, 3.05) is 0 Å². The van der Waals surface area contributed by atoms with E-state index in [0.29, 0.717) is 16.9 Å². The van der Waals surface area contributed by atoms with Crippen LogP contribution < -0.4 is 0 Å². The average Bonchev–Trinajstić information content (AvgIpc) is 2.20. The average molecular weight is 268 g/mol. The first-order valence-corrected chi connectivity index (χ1v) is 8.00. The van der Waals surface area contributed by atoms with Crippen LogP contribution in [0.3, 0.4) is 0 Å². The van der Waals surface area contributed by atoms with Crippen molar-refractivity contribution in [1.82, 2.24) is 0 Å². The minimum Gasteiger partial charge on any atom is -0.390 e. The van der Waals surface area contributed by atoms with Crippen LogP contribution in [0.4, 0.5) is 0 Å². The van der Waals surface area contributed by atoms with E-state index < -0.39 is 0 Å². The minimum atomic E-state index is -0.256. The van der Waals surface area contributed by atoms with E-state index in [4.69, 9.17) is 4.74 Å². The van der Waals surface area contributed by atoms with E-state index >= 15 is 0 Å². The first kappa shape index (κ1) is 15.3. The lowest BCUT2D eigenvalue weighted by Crippen LogP contribution is -2.43. The Kier molecular flexibility index (Phi) is 4.32. The Balaban J connectivity index is 1.95. The summed E-state index contributed by atoms with van der Waals surface area (Å²) in [5.74, 6) is 0.738. The van der Waals surface area contributed by atoms with E-state index in [0.717, 1.165) is 38.0 Å². The maximum atomic E-state index is 10.2. The van der Waals surface area contributed by atoms with Crippen molar-refractivity contribution < 1.29 is 9.84 Å². The topological polar surface area (TPSA) is 29.5 Å². The van der Waals surface area contributed by atoms with Gasteiger partial charge in [-0.05, 0) is 55.3 Å². The monoisotopic (exact) mass is 268 g/mol. The molecule has 2 aliphatic carbocycles. The summed E-state index contributed by atoms with van der Waals surface area (Å²) >= 11 is 0. The fraction of sp³-hybridized carbons (Fsp3) is 1.00. The molecule has 0 saturated heterocycles. The second-order valence-electron chi connectivity index (χ2n) is 8.68. The van der Waals surface area contributed by atoms with Crippen LogP contribution in [0.1, 0.15) is 73.1 Å². The van der Waals surface area contributed by atoms with Gasteiger partial charge >= 0.3 is 0 Å². The molecule has 2 saturated carbocycles. The molecular weight excluding hydrogens is 236 g/mol.